The molecule has 1 aromatic heterocycles. The van der Waals surface area contributed by atoms with Crippen LogP contribution in [0.1, 0.15) is 30.2 Å². The number of aryl methyl sites for hydroxylation is 1. The first kappa shape index (κ1) is 9.74. The first-order chi connectivity index (χ1) is 6.92. The molecular formula is C11H17NO2. The molecule has 0 aliphatic heterocycles. The van der Waals surface area contributed by atoms with E-state index < -0.39 is 0 Å². The fourth-order valence-corrected chi connectivity index (χ4v) is 2.03. The Balaban J connectivity index is 1.94. The molecule has 1 aromatic rings. The molecule has 0 radical (unpaired) electrons. The van der Waals surface area contributed by atoms with Crippen LogP contribution in [-0.2, 0) is 11.2 Å². The maximum Gasteiger partial charge on any atom is 0.108 e. The standard InChI is InChI=1S/C11H17NO2/c1-13-8-6-12-10-3-2-4-11-9(10)5-7-14-11/h5,7,10,12H,2-4,6,8H2,1H3. The van der Waals surface area contributed by atoms with Gasteiger partial charge in [0, 0.05) is 31.7 Å². The van der Waals surface area contributed by atoms with Crippen LogP contribution in [-0.4, -0.2) is 20.3 Å². The van der Waals surface area contributed by atoms with Crippen molar-refractivity contribution in [1.29, 1.82) is 0 Å². The quantitative estimate of drug-likeness (QED) is 0.745. The third-order valence-corrected chi connectivity index (χ3v) is 2.75. The molecule has 1 heterocycles. The van der Waals surface area contributed by atoms with Crippen molar-refractivity contribution < 1.29 is 9.15 Å². The molecule has 1 N–H and O–H groups in total. The van der Waals surface area contributed by atoms with Gasteiger partial charge in [-0.15, -0.1) is 0 Å². The SMILES string of the molecule is COCCNC1CCCc2occc21. The monoisotopic (exact) mass is 195 g/mol. The van der Waals surface area contributed by atoms with Crippen molar-refractivity contribution in [3.8, 4) is 0 Å². The van der Waals surface area contributed by atoms with E-state index in [2.05, 4.69) is 11.4 Å². The lowest BCUT2D eigenvalue weighted by Crippen LogP contribution is -2.27. The maximum atomic E-state index is 5.42. The second kappa shape index (κ2) is 4.62. The van der Waals surface area contributed by atoms with Gasteiger partial charge >= 0.3 is 0 Å². The van der Waals surface area contributed by atoms with Crippen molar-refractivity contribution in [3.05, 3.63) is 23.7 Å². The molecule has 14 heavy (non-hydrogen) atoms. The number of ether oxygens (including phenoxy) is 1. The fourth-order valence-electron chi connectivity index (χ4n) is 2.03. The van der Waals surface area contributed by atoms with E-state index >= 15 is 0 Å². The van der Waals surface area contributed by atoms with Gasteiger partial charge < -0.3 is 14.5 Å². The van der Waals surface area contributed by atoms with Crippen LogP contribution < -0.4 is 5.32 Å². The van der Waals surface area contributed by atoms with Crippen molar-refractivity contribution in [2.45, 2.75) is 25.3 Å². The molecule has 78 valence electrons. The summed E-state index contributed by atoms with van der Waals surface area (Å²) in [4.78, 5) is 0. The highest BCUT2D eigenvalue weighted by atomic mass is 16.5. The van der Waals surface area contributed by atoms with E-state index in [0.717, 1.165) is 25.3 Å². The molecule has 0 fully saturated rings. The topological polar surface area (TPSA) is 34.4 Å². The Morgan fingerprint density at radius 1 is 1.64 bits per heavy atom. The van der Waals surface area contributed by atoms with Gasteiger partial charge in [-0.25, -0.2) is 0 Å². The van der Waals surface area contributed by atoms with Crippen LogP contribution in [0.2, 0.25) is 0 Å². The molecule has 0 saturated heterocycles. The highest BCUT2D eigenvalue weighted by Crippen LogP contribution is 2.29. The maximum absolute atomic E-state index is 5.42. The van der Waals surface area contributed by atoms with Crippen LogP contribution in [0.15, 0.2) is 16.7 Å². The molecule has 2 rings (SSSR count). The van der Waals surface area contributed by atoms with Gasteiger partial charge in [-0.1, -0.05) is 0 Å². The second-order valence-electron chi connectivity index (χ2n) is 3.69. The molecule has 1 atom stereocenters. The zero-order valence-electron chi connectivity index (χ0n) is 8.58. The van der Waals surface area contributed by atoms with E-state index in [9.17, 15) is 0 Å². The average Bonchev–Trinajstić information content (AvgIpc) is 2.67. The second-order valence-corrected chi connectivity index (χ2v) is 3.69. The van der Waals surface area contributed by atoms with Gasteiger partial charge in [0.05, 0.1) is 12.9 Å². The third-order valence-electron chi connectivity index (χ3n) is 2.75. The van der Waals surface area contributed by atoms with Gasteiger partial charge in [0.1, 0.15) is 5.76 Å². The molecule has 0 aromatic carbocycles. The van der Waals surface area contributed by atoms with Crippen LogP contribution in [0.5, 0.6) is 0 Å². The molecule has 3 nitrogen and oxygen atoms in total. The lowest BCUT2D eigenvalue weighted by Gasteiger charge is -2.22. The smallest absolute Gasteiger partial charge is 0.108 e. The third kappa shape index (κ3) is 1.99. The predicted molar refractivity (Wildman–Crippen MR) is 54.3 cm³/mol. The van der Waals surface area contributed by atoms with Gasteiger partial charge in [0.15, 0.2) is 0 Å². The lowest BCUT2D eigenvalue weighted by atomic mass is 9.93. The molecule has 3 heteroatoms. The zero-order chi connectivity index (χ0) is 9.80. The highest BCUT2D eigenvalue weighted by Gasteiger charge is 2.21. The number of rotatable bonds is 4. The Morgan fingerprint density at radius 2 is 2.57 bits per heavy atom. The van der Waals surface area contributed by atoms with E-state index in [1.54, 1.807) is 13.4 Å². The summed E-state index contributed by atoms with van der Waals surface area (Å²) < 4.78 is 10.4. The Kier molecular flexibility index (Phi) is 3.22. The molecule has 1 aliphatic carbocycles. The van der Waals surface area contributed by atoms with Gasteiger partial charge in [-0.05, 0) is 18.9 Å². The number of fused-ring (bicyclic) bond motifs is 1. The van der Waals surface area contributed by atoms with Gasteiger partial charge in [0.25, 0.3) is 0 Å². The van der Waals surface area contributed by atoms with Gasteiger partial charge in [-0.2, -0.15) is 0 Å². The van der Waals surface area contributed by atoms with Crippen molar-refractivity contribution in [2.24, 2.45) is 0 Å². The normalized spacial score (nSPS) is 20.8. The largest absolute Gasteiger partial charge is 0.469 e. The van der Waals surface area contributed by atoms with Gasteiger partial charge in [-0.3, -0.25) is 0 Å². The van der Waals surface area contributed by atoms with Crippen LogP contribution in [0.3, 0.4) is 0 Å². The fraction of sp³-hybridized carbons (Fsp3) is 0.636. The summed E-state index contributed by atoms with van der Waals surface area (Å²) in [7, 11) is 1.73. The molecule has 1 aliphatic rings. The molecule has 0 amide bonds. The Hall–Kier alpha value is -0.800. The Bertz CT molecular complexity index is 283. The van der Waals surface area contributed by atoms with Crippen LogP contribution in [0, 0.1) is 0 Å². The summed E-state index contributed by atoms with van der Waals surface area (Å²) in [5, 5.41) is 3.48. The predicted octanol–water partition coefficient (Wildman–Crippen LogP) is 1.89. The lowest BCUT2D eigenvalue weighted by molar-refractivity contribution is 0.194. The Morgan fingerprint density at radius 3 is 3.43 bits per heavy atom. The summed E-state index contributed by atoms with van der Waals surface area (Å²) in [6.45, 7) is 1.68. The zero-order valence-corrected chi connectivity index (χ0v) is 8.58. The summed E-state index contributed by atoms with van der Waals surface area (Å²) in [6.07, 6.45) is 5.30. The summed E-state index contributed by atoms with van der Waals surface area (Å²) >= 11 is 0. The first-order valence-electron chi connectivity index (χ1n) is 5.20. The minimum Gasteiger partial charge on any atom is -0.469 e. The van der Waals surface area contributed by atoms with Crippen molar-refractivity contribution >= 4 is 0 Å². The van der Waals surface area contributed by atoms with E-state index in [4.69, 9.17) is 9.15 Å². The number of hydrogen-bond donors (Lipinski definition) is 1. The summed E-state index contributed by atoms with van der Waals surface area (Å²) in [6, 6.07) is 2.55. The summed E-state index contributed by atoms with van der Waals surface area (Å²) in [5.41, 5.74) is 1.34. The molecule has 0 spiro atoms. The van der Waals surface area contributed by atoms with E-state index in [0.29, 0.717) is 6.04 Å². The van der Waals surface area contributed by atoms with Crippen LogP contribution in [0.25, 0.3) is 0 Å². The molecular weight excluding hydrogens is 178 g/mol. The summed E-state index contributed by atoms with van der Waals surface area (Å²) in [5.74, 6) is 1.16. The Labute approximate surface area is 84.4 Å². The first-order valence-corrected chi connectivity index (χ1v) is 5.20. The van der Waals surface area contributed by atoms with Crippen molar-refractivity contribution in [2.75, 3.05) is 20.3 Å². The molecule has 0 saturated carbocycles. The van der Waals surface area contributed by atoms with Crippen molar-refractivity contribution in [1.82, 2.24) is 5.32 Å². The number of nitrogens with one attached hydrogen (secondary N) is 1. The van der Waals surface area contributed by atoms with Crippen LogP contribution >= 0.6 is 0 Å². The molecule has 1 unspecified atom stereocenters. The minimum absolute atomic E-state index is 0.465. The van der Waals surface area contributed by atoms with Crippen LogP contribution in [0.4, 0.5) is 0 Å². The van der Waals surface area contributed by atoms with Gasteiger partial charge in [0.2, 0.25) is 0 Å². The van der Waals surface area contributed by atoms with E-state index in [1.165, 1.54) is 18.4 Å². The number of methoxy groups -OCH3 is 1. The molecule has 0 bridgehead atoms. The average molecular weight is 195 g/mol. The van der Waals surface area contributed by atoms with E-state index in [-0.39, 0.29) is 0 Å². The minimum atomic E-state index is 0.465. The van der Waals surface area contributed by atoms with Crippen molar-refractivity contribution in [3.63, 3.8) is 0 Å². The van der Waals surface area contributed by atoms with E-state index in [1.807, 2.05) is 0 Å². The highest BCUT2D eigenvalue weighted by molar-refractivity contribution is 5.23. The number of hydrogen-bond acceptors (Lipinski definition) is 3. The number of furan rings is 1.